The van der Waals surface area contributed by atoms with Gasteiger partial charge in [0, 0.05) is 50.5 Å². The van der Waals surface area contributed by atoms with Crippen LogP contribution < -0.4 is 15.0 Å². The highest BCUT2D eigenvalue weighted by Crippen LogP contribution is 2.22. The number of carbonyl (C=O) groups is 3. The van der Waals surface area contributed by atoms with E-state index in [4.69, 9.17) is 4.74 Å². The van der Waals surface area contributed by atoms with Crippen LogP contribution in [0.3, 0.4) is 0 Å². The summed E-state index contributed by atoms with van der Waals surface area (Å²) in [5.74, 6) is 0.232. The van der Waals surface area contributed by atoms with Crippen molar-refractivity contribution in [1.82, 2.24) is 15.1 Å². The molecule has 2 aliphatic heterocycles. The summed E-state index contributed by atoms with van der Waals surface area (Å²) < 4.78 is 5.21. The maximum absolute atomic E-state index is 13.2. The van der Waals surface area contributed by atoms with Crippen molar-refractivity contribution < 1.29 is 19.1 Å². The van der Waals surface area contributed by atoms with Crippen LogP contribution in [0.15, 0.2) is 48.5 Å². The van der Waals surface area contributed by atoms with Gasteiger partial charge < -0.3 is 24.8 Å². The van der Waals surface area contributed by atoms with E-state index in [9.17, 15) is 14.4 Å². The number of ether oxygens (including phenoxy) is 1. The fourth-order valence-corrected chi connectivity index (χ4v) is 4.43. The van der Waals surface area contributed by atoms with Crippen molar-refractivity contribution in [3.63, 3.8) is 0 Å². The van der Waals surface area contributed by atoms with Crippen LogP contribution in [0.25, 0.3) is 0 Å². The van der Waals surface area contributed by atoms with Gasteiger partial charge in [0.2, 0.25) is 11.8 Å². The number of nitrogens with one attached hydrogen (secondary N) is 1. The van der Waals surface area contributed by atoms with E-state index in [0.29, 0.717) is 44.8 Å². The van der Waals surface area contributed by atoms with Gasteiger partial charge in [0.25, 0.3) is 5.91 Å². The number of nitrogens with zero attached hydrogens (tertiary/aromatic N) is 3. The summed E-state index contributed by atoms with van der Waals surface area (Å²) >= 11 is 0. The van der Waals surface area contributed by atoms with Gasteiger partial charge in [-0.05, 0) is 42.8 Å². The molecule has 1 unspecified atom stereocenters. The Kier molecular flexibility index (Phi) is 6.82. The number of aryl methyl sites for hydroxylation is 1. The van der Waals surface area contributed by atoms with Crippen LogP contribution in [0.4, 0.5) is 5.69 Å². The number of hydrogen-bond acceptors (Lipinski definition) is 5. The van der Waals surface area contributed by atoms with E-state index in [-0.39, 0.29) is 24.1 Å². The maximum atomic E-state index is 13.2. The Morgan fingerprint density at radius 3 is 2.36 bits per heavy atom. The van der Waals surface area contributed by atoms with Crippen LogP contribution in [0.2, 0.25) is 0 Å². The molecule has 1 N–H and O–H groups in total. The second-order valence-electron chi connectivity index (χ2n) is 8.39. The molecule has 1 atom stereocenters. The quantitative estimate of drug-likeness (QED) is 0.750. The molecule has 2 aliphatic rings. The fraction of sp³-hybridized carbons (Fsp3) is 0.400. The molecular weight excluding hydrogens is 420 g/mol. The highest BCUT2D eigenvalue weighted by atomic mass is 16.5. The molecule has 2 saturated heterocycles. The van der Waals surface area contributed by atoms with Crippen molar-refractivity contribution in [1.29, 1.82) is 0 Å². The number of carbonyl (C=O) groups excluding carboxylic acids is 3. The van der Waals surface area contributed by atoms with Gasteiger partial charge in [-0.25, -0.2) is 0 Å². The summed E-state index contributed by atoms with van der Waals surface area (Å²) in [5.41, 5.74) is 2.51. The lowest BCUT2D eigenvalue weighted by Gasteiger charge is -2.39. The third-order valence-corrected chi connectivity index (χ3v) is 6.41. The number of piperazine rings is 2. The number of hydrogen-bond donors (Lipinski definition) is 1. The molecule has 174 valence electrons. The molecule has 0 aromatic heterocycles. The minimum Gasteiger partial charge on any atom is -0.497 e. The van der Waals surface area contributed by atoms with Crippen molar-refractivity contribution in [2.75, 3.05) is 51.3 Å². The highest BCUT2D eigenvalue weighted by Gasteiger charge is 2.37. The molecule has 2 aromatic rings. The van der Waals surface area contributed by atoms with Gasteiger partial charge in [-0.3, -0.25) is 14.4 Å². The SMILES string of the molecule is COc1ccc(N2CCN(C(=O)CC3C(=O)NCCN3C(=O)c3ccccc3C)CC2)cc1. The van der Waals surface area contributed by atoms with Crippen molar-refractivity contribution >= 4 is 23.4 Å². The number of rotatable bonds is 5. The molecule has 0 saturated carbocycles. The van der Waals surface area contributed by atoms with Gasteiger partial charge in [-0.1, -0.05) is 18.2 Å². The Bertz CT molecular complexity index is 1020. The van der Waals surface area contributed by atoms with E-state index >= 15 is 0 Å². The van der Waals surface area contributed by atoms with E-state index in [2.05, 4.69) is 10.2 Å². The minimum atomic E-state index is -0.794. The average molecular weight is 451 g/mol. The summed E-state index contributed by atoms with van der Waals surface area (Å²) in [6.45, 7) is 5.22. The first kappa shape index (κ1) is 22.6. The topological polar surface area (TPSA) is 82.2 Å². The molecule has 0 bridgehead atoms. The van der Waals surface area contributed by atoms with E-state index in [1.807, 2.05) is 49.4 Å². The number of anilines is 1. The molecule has 2 aromatic carbocycles. The lowest BCUT2D eigenvalue weighted by atomic mass is 10.0. The predicted molar refractivity (Wildman–Crippen MR) is 125 cm³/mol. The molecule has 0 aliphatic carbocycles. The summed E-state index contributed by atoms with van der Waals surface area (Å²) in [6.07, 6.45) is -0.00795. The van der Waals surface area contributed by atoms with Crippen LogP contribution >= 0.6 is 0 Å². The van der Waals surface area contributed by atoms with Crippen LogP contribution in [-0.2, 0) is 9.59 Å². The number of benzene rings is 2. The summed E-state index contributed by atoms with van der Waals surface area (Å²) in [5, 5.41) is 2.81. The van der Waals surface area contributed by atoms with E-state index in [1.165, 1.54) is 0 Å². The monoisotopic (exact) mass is 450 g/mol. The standard InChI is InChI=1S/C25H30N4O4/c1-18-5-3-4-6-21(18)25(32)29-12-11-26-24(31)22(29)17-23(30)28-15-13-27(14-16-28)19-7-9-20(33-2)10-8-19/h3-10,22H,11-17H2,1-2H3,(H,26,31). The van der Waals surface area contributed by atoms with Gasteiger partial charge in [-0.15, -0.1) is 0 Å². The number of amides is 3. The van der Waals surface area contributed by atoms with Crippen LogP contribution in [-0.4, -0.2) is 79.9 Å². The lowest BCUT2D eigenvalue weighted by Crippen LogP contribution is -2.59. The first-order chi connectivity index (χ1) is 16.0. The summed E-state index contributed by atoms with van der Waals surface area (Å²) in [7, 11) is 1.64. The summed E-state index contributed by atoms with van der Waals surface area (Å²) in [4.78, 5) is 44.5. The molecule has 2 fully saturated rings. The van der Waals surface area contributed by atoms with Crippen molar-refractivity contribution in [2.24, 2.45) is 0 Å². The van der Waals surface area contributed by atoms with Crippen LogP contribution in [0, 0.1) is 6.92 Å². The normalized spacial score (nSPS) is 18.7. The molecule has 8 heteroatoms. The molecule has 0 radical (unpaired) electrons. The van der Waals surface area contributed by atoms with Crippen molar-refractivity contribution in [3.05, 3.63) is 59.7 Å². The summed E-state index contributed by atoms with van der Waals surface area (Å²) in [6, 6.07) is 14.4. The van der Waals surface area contributed by atoms with E-state index in [1.54, 1.807) is 23.0 Å². The smallest absolute Gasteiger partial charge is 0.254 e. The molecular formula is C25H30N4O4. The van der Waals surface area contributed by atoms with Crippen molar-refractivity contribution in [3.8, 4) is 5.75 Å². The Labute approximate surface area is 194 Å². The molecule has 33 heavy (non-hydrogen) atoms. The van der Waals surface area contributed by atoms with Gasteiger partial charge in [-0.2, -0.15) is 0 Å². The largest absolute Gasteiger partial charge is 0.497 e. The lowest BCUT2D eigenvalue weighted by molar-refractivity contribution is -0.138. The Morgan fingerprint density at radius 2 is 1.70 bits per heavy atom. The first-order valence-electron chi connectivity index (χ1n) is 11.3. The second-order valence-corrected chi connectivity index (χ2v) is 8.39. The minimum absolute atomic E-state index is 0.00795. The van der Waals surface area contributed by atoms with Gasteiger partial charge in [0.05, 0.1) is 13.5 Å². The zero-order valence-corrected chi connectivity index (χ0v) is 19.1. The zero-order valence-electron chi connectivity index (χ0n) is 19.1. The van der Waals surface area contributed by atoms with E-state index in [0.717, 1.165) is 17.0 Å². The Balaban J connectivity index is 1.39. The van der Waals surface area contributed by atoms with E-state index < -0.39 is 6.04 Å². The Morgan fingerprint density at radius 1 is 1.00 bits per heavy atom. The molecule has 3 amide bonds. The third kappa shape index (κ3) is 4.94. The van der Waals surface area contributed by atoms with Gasteiger partial charge >= 0.3 is 0 Å². The molecule has 2 heterocycles. The molecule has 0 spiro atoms. The average Bonchev–Trinajstić information content (AvgIpc) is 2.85. The molecule has 4 rings (SSSR count). The van der Waals surface area contributed by atoms with Crippen LogP contribution in [0.1, 0.15) is 22.3 Å². The third-order valence-electron chi connectivity index (χ3n) is 6.41. The van der Waals surface area contributed by atoms with Crippen molar-refractivity contribution in [2.45, 2.75) is 19.4 Å². The maximum Gasteiger partial charge on any atom is 0.254 e. The molecule has 8 nitrogen and oxygen atoms in total. The second kappa shape index (κ2) is 9.94. The van der Waals surface area contributed by atoms with Gasteiger partial charge in [0.1, 0.15) is 11.8 Å². The van der Waals surface area contributed by atoms with Crippen LogP contribution in [0.5, 0.6) is 5.75 Å². The fourth-order valence-electron chi connectivity index (χ4n) is 4.43. The predicted octanol–water partition coefficient (Wildman–Crippen LogP) is 1.68. The first-order valence-corrected chi connectivity index (χ1v) is 11.3. The van der Waals surface area contributed by atoms with Gasteiger partial charge in [0.15, 0.2) is 0 Å². The highest BCUT2D eigenvalue weighted by molar-refractivity contribution is 6.00. The Hall–Kier alpha value is -3.55. The zero-order chi connectivity index (χ0) is 23.4. The number of methoxy groups -OCH3 is 1.